The Morgan fingerprint density at radius 2 is 1.96 bits per heavy atom. The van der Waals surface area contributed by atoms with Gasteiger partial charge in [0.2, 0.25) is 0 Å². The number of pyridine rings is 1. The van der Waals surface area contributed by atoms with Gasteiger partial charge < -0.3 is 9.30 Å². The summed E-state index contributed by atoms with van der Waals surface area (Å²) >= 11 is 0. The van der Waals surface area contributed by atoms with Gasteiger partial charge in [0.15, 0.2) is 0 Å². The van der Waals surface area contributed by atoms with Gasteiger partial charge in [-0.1, -0.05) is 19.9 Å². The number of carbonyl (C=O) groups excluding carboxylic acids is 1. The van der Waals surface area contributed by atoms with Crippen molar-refractivity contribution in [3.05, 3.63) is 64.1 Å². The van der Waals surface area contributed by atoms with E-state index in [2.05, 4.69) is 29.3 Å². The third-order valence-corrected chi connectivity index (χ3v) is 4.55. The van der Waals surface area contributed by atoms with E-state index in [1.807, 2.05) is 25.1 Å². The van der Waals surface area contributed by atoms with E-state index >= 15 is 0 Å². The van der Waals surface area contributed by atoms with Gasteiger partial charge in [0, 0.05) is 24.4 Å². The zero-order valence-electron chi connectivity index (χ0n) is 16.9. The molecule has 0 atom stereocenters. The molecule has 1 amide bonds. The van der Waals surface area contributed by atoms with Crippen molar-refractivity contribution in [1.82, 2.24) is 14.9 Å². The predicted molar refractivity (Wildman–Crippen MR) is 111 cm³/mol. The molecule has 0 radical (unpaired) electrons. The van der Waals surface area contributed by atoms with E-state index < -0.39 is 0 Å². The summed E-state index contributed by atoms with van der Waals surface area (Å²) in [5.74, 6) is 0.473. The molecule has 1 heterocycles. The van der Waals surface area contributed by atoms with Crippen LogP contribution in [-0.2, 0) is 17.9 Å². The van der Waals surface area contributed by atoms with Crippen LogP contribution in [0.3, 0.4) is 0 Å². The molecule has 0 aliphatic carbocycles. The molecular formula is C21H28N4O3. The normalized spacial score (nSPS) is 11.5. The summed E-state index contributed by atoms with van der Waals surface area (Å²) in [6.45, 7) is 8.68. The number of hydrazone groups is 1. The zero-order chi connectivity index (χ0) is 20.5. The highest BCUT2D eigenvalue weighted by molar-refractivity contribution is 5.99. The summed E-state index contributed by atoms with van der Waals surface area (Å²) in [5.41, 5.74) is 4.94. The van der Waals surface area contributed by atoms with Crippen LogP contribution in [-0.4, -0.2) is 41.3 Å². The third kappa shape index (κ3) is 5.79. The second kappa shape index (κ2) is 10.4. The first-order chi connectivity index (χ1) is 13.5. The van der Waals surface area contributed by atoms with Crippen LogP contribution in [0.15, 0.2) is 52.5 Å². The summed E-state index contributed by atoms with van der Waals surface area (Å²) in [7, 11) is 1.66. The number of hydrogen-bond acceptors (Lipinski definition) is 5. The van der Waals surface area contributed by atoms with Gasteiger partial charge in [-0.2, -0.15) is 5.10 Å². The second-order valence-corrected chi connectivity index (χ2v) is 6.39. The molecule has 0 saturated heterocycles. The van der Waals surface area contributed by atoms with E-state index in [0.29, 0.717) is 5.71 Å². The van der Waals surface area contributed by atoms with Crippen LogP contribution in [0.5, 0.6) is 5.75 Å². The molecule has 0 unspecified atom stereocenters. The van der Waals surface area contributed by atoms with E-state index in [-0.39, 0.29) is 18.0 Å². The Kier molecular flexibility index (Phi) is 7.95. The van der Waals surface area contributed by atoms with Crippen LogP contribution in [0.4, 0.5) is 0 Å². The maximum absolute atomic E-state index is 12.1. The maximum atomic E-state index is 12.1. The summed E-state index contributed by atoms with van der Waals surface area (Å²) in [5, 5.41) is 4.18. The Labute approximate surface area is 165 Å². The Balaban J connectivity index is 2.11. The highest BCUT2D eigenvalue weighted by Crippen LogP contribution is 2.22. The second-order valence-electron chi connectivity index (χ2n) is 6.39. The zero-order valence-corrected chi connectivity index (χ0v) is 16.9. The molecule has 0 fully saturated rings. The first kappa shape index (κ1) is 21.4. The number of nitrogens with one attached hydrogen (secondary N) is 1. The summed E-state index contributed by atoms with van der Waals surface area (Å²) in [6.07, 6.45) is 1.57. The number of benzene rings is 1. The molecule has 2 aromatic rings. The van der Waals surface area contributed by atoms with Gasteiger partial charge in [-0.15, -0.1) is 0 Å². The average Bonchev–Trinajstić information content (AvgIpc) is 2.71. The van der Waals surface area contributed by atoms with Gasteiger partial charge in [-0.25, -0.2) is 5.43 Å². The minimum absolute atomic E-state index is 0.0771. The minimum Gasteiger partial charge on any atom is -0.496 e. The summed E-state index contributed by atoms with van der Waals surface area (Å²) < 4.78 is 6.81. The lowest BCUT2D eigenvalue weighted by atomic mass is 10.1. The fourth-order valence-corrected chi connectivity index (χ4v) is 2.81. The fourth-order valence-electron chi connectivity index (χ4n) is 2.81. The van der Waals surface area contributed by atoms with Gasteiger partial charge >= 0.3 is 0 Å². The Hall–Kier alpha value is -2.93. The molecule has 0 aliphatic rings. The molecule has 1 aromatic heterocycles. The van der Waals surface area contributed by atoms with Crippen molar-refractivity contribution in [1.29, 1.82) is 0 Å². The molecule has 2 rings (SSSR count). The first-order valence-electron chi connectivity index (χ1n) is 9.36. The third-order valence-electron chi connectivity index (χ3n) is 4.55. The Morgan fingerprint density at radius 1 is 1.21 bits per heavy atom. The molecular weight excluding hydrogens is 356 g/mol. The van der Waals surface area contributed by atoms with Crippen LogP contribution < -0.4 is 15.7 Å². The number of carbonyl (C=O) groups is 1. The SMILES string of the molecule is CCN(CC)Cc1cc(/C(C)=N\NC(=O)Cn2ccccc2=O)ccc1OC. The van der Waals surface area contributed by atoms with Gasteiger partial charge in [-0.05, 0) is 49.8 Å². The van der Waals surface area contributed by atoms with Crippen molar-refractivity contribution < 1.29 is 9.53 Å². The monoisotopic (exact) mass is 384 g/mol. The summed E-state index contributed by atoms with van der Waals surface area (Å²) in [4.78, 5) is 26.1. The molecule has 28 heavy (non-hydrogen) atoms. The lowest BCUT2D eigenvalue weighted by Gasteiger charge is -2.20. The van der Waals surface area contributed by atoms with Crippen molar-refractivity contribution in [3.8, 4) is 5.75 Å². The van der Waals surface area contributed by atoms with Crippen molar-refractivity contribution in [2.45, 2.75) is 33.9 Å². The smallest absolute Gasteiger partial charge is 0.260 e. The van der Waals surface area contributed by atoms with Gasteiger partial charge in [0.05, 0.1) is 12.8 Å². The van der Waals surface area contributed by atoms with Crippen LogP contribution in [0.25, 0.3) is 0 Å². The van der Waals surface area contributed by atoms with Gasteiger partial charge in [0.1, 0.15) is 12.3 Å². The molecule has 0 bridgehead atoms. The highest BCUT2D eigenvalue weighted by atomic mass is 16.5. The maximum Gasteiger partial charge on any atom is 0.260 e. The largest absolute Gasteiger partial charge is 0.496 e. The van der Waals surface area contributed by atoms with Crippen molar-refractivity contribution in [2.24, 2.45) is 5.10 Å². The molecule has 7 nitrogen and oxygen atoms in total. The topological polar surface area (TPSA) is 75.9 Å². The quantitative estimate of drug-likeness (QED) is 0.531. The molecule has 1 aromatic carbocycles. The van der Waals surface area contributed by atoms with E-state index in [4.69, 9.17) is 4.74 Å². The van der Waals surface area contributed by atoms with E-state index in [1.165, 1.54) is 10.6 Å². The predicted octanol–water partition coefficient (Wildman–Crippen LogP) is 2.24. The van der Waals surface area contributed by atoms with Crippen molar-refractivity contribution in [3.63, 3.8) is 0 Å². The number of amides is 1. The van der Waals surface area contributed by atoms with E-state index in [1.54, 1.807) is 25.4 Å². The van der Waals surface area contributed by atoms with Crippen LogP contribution >= 0.6 is 0 Å². The van der Waals surface area contributed by atoms with Crippen molar-refractivity contribution in [2.75, 3.05) is 20.2 Å². The molecule has 0 spiro atoms. The van der Waals surface area contributed by atoms with Crippen LogP contribution in [0.1, 0.15) is 31.9 Å². The van der Waals surface area contributed by atoms with Gasteiger partial charge in [-0.3, -0.25) is 14.5 Å². The number of rotatable bonds is 9. The number of ether oxygens (including phenoxy) is 1. The van der Waals surface area contributed by atoms with E-state index in [0.717, 1.165) is 36.5 Å². The Morgan fingerprint density at radius 3 is 2.61 bits per heavy atom. The molecule has 0 saturated carbocycles. The average molecular weight is 384 g/mol. The number of aromatic nitrogens is 1. The van der Waals surface area contributed by atoms with Crippen LogP contribution in [0.2, 0.25) is 0 Å². The lowest BCUT2D eigenvalue weighted by molar-refractivity contribution is -0.121. The van der Waals surface area contributed by atoms with E-state index in [9.17, 15) is 9.59 Å². The van der Waals surface area contributed by atoms with Gasteiger partial charge in [0.25, 0.3) is 11.5 Å². The number of hydrogen-bond donors (Lipinski definition) is 1. The number of nitrogens with zero attached hydrogens (tertiary/aromatic N) is 3. The first-order valence-corrected chi connectivity index (χ1v) is 9.36. The molecule has 7 heteroatoms. The summed E-state index contributed by atoms with van der Waals surface area (Å²) in [6, 6.07) is 10.6. The lowest BCUT2D eigenvalue weighted by Crippen LogP contribution is -2.29. The minimum atomic E-state index is -0.357. The molecule has 150 valence electrons. The Bertz CT molecular complexity index is 885. The fraction of sp³-hybridized carbons (Fsp3) is 0.381. The van der Waals surface area contributed by atoms with Crippen LogP contribution in [0, 0.1) is 0 Å². The molecule has 1 N–H and O–H groups in total. The number of methoxy groups -OCH3 is 1. The standard InChI is InChI=1S/C21H28N4O3/c1-5-24(6-2)14-18-13-17(10-11-19(18)28-4)16(3)22-23-20(26)15-25-12-8-7-9-21(25)27/h7-13H,5-6,14-15H2,1-4H3,(H,23,26)/b22-16-. The van der Waals surface area contributed by atoms with Crippen molar-refractivity contribution >= 4 is 11.6 Å². The molecule has 0 aliphatic heterocycles. The highest BCUT2D eigenvalue weighted by Gasteiger charge is 2.10.